The third-order valence-electron chi connectivity index (χ3n) is 6.80. The number of carbonyl (C=O) groups is 1. The van der Waals surface area contributed by atoms with Crippen LogP contribution in [0.4, 0.5) is 0 Å². The second-order valence-corrected chi connectivity index (χ2v) is 12.7. The minimum Gasteiger partial charge on any atom is -0.493 e. The van der Waals surface area contributed by atoms with E-state index in [1.165, 1.54) is 21.3 Å². The van der Waals surface area contributed by atoms with Crippen LogP contribution >= 0.6 is 22.9 Å². The van der Waals surface area contributed by atoms with Gasteiger partial charge in [0.2, 0.25) is 15.9 Å². The Morgan fingerprint density at radius 3 is 2.54 bits per heavy atom. The molecule has 2 aromatic carbocycles. The number of hydrogen-bond donors (Lipinski definition) is 0. The second kappa shape index (κ2) is 11.0. The van der Waals surface area contributed by atoms with Gasteiger partial charge in [-0.3, -0.25) is 4.79 Å². The lowest BCUT2D eigenvalue weighted by Crippen LogP contribution is -2.48. The van der Waals surface area contributed by atoms with Crippen molar-refractivity contribution in [2.75, 3.05) is 33.4 Å². The van der Waals surface area contributed by atoms with Crippen LogP contribution < -0.4 is 9.47 Å². The monoisotopic (exact) mass is 560 g/mol. The topological polar surface area (TPSA) is 76.2 Å². The number of rotatable bonds is 10. The summed E-state index contributed by atoms with van der Waals surface area (Å²) < 4.78 is 39.9. The van der Waals surface area contributed by atoms with Crippen molar-refractivity contribution in [2.45, 2.75) is 30.2 Å². The van der Waals surface area contributed by atoms with Crippen molar-refractivity contribution in [3.63, 3.8) is 0 Å². The minimum absolute atomic E-state index is 0.139. The number of amides is 1. The van der Waals surface area contributed by atoms with Crippen LogP contribution in [-0.2, 0) is 21.2 Å². The fraction of sp³-hybridized carbons (Fsp3) is 0.370. The molecule has 5 rings (SSSR count). The Morgan fingerprint density at radius 1 is 1.11 bits per heavy atom. The predicted octanol–water partition coefficient (Wildman–Crippen LogP) is 5.02. The fourth-order valence-corrected chi connectivity index (χ4v) is 7.13. The summed E-state index contributed by atoms with van der Waals surface area (Å²) in [7, 11) is -2.27. The highest BCUT2D eigenvalue weighted by molar-refractivity contribution is 7.89. The molecule has 37 heavy (non-hydrogen) atoms. The first-order valence-corrected chi connectivity index (χ1v) is 14.9. The van der Waals surface area contributed by atoms with E-state index >= 15 is 0 Å². The molecule has 0 radical (unpaired) electrons. The molecule has 0 bridgehead atoms. The Balaban J connectivity index is 1.38. The van der Waals surface area contributed by atoms with Crippen molar-refractivity contribution in [1.82, 2.24) is 9.21 Å². The van der Waals surface area contributed by atoms with Gasteiger partial charge in [-0.05, 0) is 78.6 Å². The van der Waals surface area contributed by atoms with Crippen molar-refractivity contribution in [3.05, 3.63) is 75.4 Å². The van der Waals surface area contributed by atoms with Gasteiger partial charge in [0.1, 0.15) is 6.61 Å². The van der Waals surface area contributed by atoms with E-state index in [2.05, 4.69) is 0 Å². The van der Waals surface area contributed by atoms with E-state index in [1.54, 1.807) is 35.5 Å². The number of halogens is 1. The molecule has 1 amide bonds. The average Bonchev–Trinajstić information content (AvgIpc) is 3.59. The maximum absolute atomic E-state index is 13.7. The molecule has 7 nitrogen and oxygen atoms in total. The first-order chi connectivity index (χ1) is 17.9. The van der Waals surface area contributed by atoms with Crippen molar-refractivity contribution in [2.24, 2.45) is 5.92 Å². The van der Waals surface area contributed by atoms with Gasteiger partial charge in [-0.2, -0.15) is 4.31 Å². The van der Waals surface area contributed by atoms with E-state index < -0.39 is 10.0 Å². The number of methoxy groups -OCH3 is 1. The molecule has 1 aromatic heterocycles. The van der Waals surface area contributed by atoms with Crippen molar-refractivity contribution < 1.29 is 22.7 Å². The molecule has 10 heteroatoms. The molecule has 0 spiro atoms. The van der Waals surface area contributed by atoms with Gasteiger partial charge in [-0.25, -0.2) is 8.42 Å². The van der Waals surface area contributed by atoms with Crippen LogP contribution in [-0.4, -0.2) is 56.9 Å². The lowest BCUT2D eigenvalue weighted by Gasteiger charge is -2.37. The molecule has 196 valence electrons. The van der Waals surface area contributed by atoms with Crippen molar-refractivity contribution >= 4 is 38.9 Å². The second-order valence-electron chi connectivity index (χ2n) is 9.31. The molecular weight excluding hydrogens is 532 g/mol. The molecule has 3 aromatic rings. The normalized spacial score (nSPS) is 17.5. The number of nitrogens with zero attached hydrogens (tertiary/aromatic N) is 2. The lowest BCUT2D eigenvalue weighted by molar-refractivity contribution is -0.135. The summed E-state index contributed by atoms with van der Waals surface area (Å²) >= 11 is 7.64. The molecule has 1 fully saturated rings. The Hall–Kier alpha value is -2.59. The molecule has 2 aliphatic rings. The number of benzene rings is 2. The third kappa shape index (κ3) is 5.80. The first-order valence-electron chi connectivity index (χ1n) is 12.2. The van der Waals surface area contributed by atoms with Crippen LogP contribution in [0.1, 0.15) is 29.3 Å². The Morgan fingerprint density at radius 2 is 1.84 bits per heavy atom. The maximum atomic E-state index is 13.7. The lowest BCUT2D eigenvalue weighted by atomic mass is 10.0. The predicted molar refractivity (Wildman–Crippen MR) is 144 cm³/mol. The van der Waals surface area contributed by atoms with Crippen LogP contribution in [0.25, 0.3) is 0 Å². The summed E-state index contributed by atoms with van der Waals surface area (Å²) in [5.74, 6) is 1.26. The zero-order valence-electron chi connectivity index (χ0n) is 20.5. The van der Waals surface area contributed by atoms with E-state index in [-0.39, 0.29) is 35.9 Å². The number of fused-ring (bicyclic) bond motifs is 1. The van der Waals surface area contributed by atoms with Gasteiger partial charge in [0.05, 0.1) is 24.6 Å². The van der Waals surface area contributed by atoms with E-state index in [0.29, 0.717) is 29.6 Å². The van der Waals surface area contributed by atoms with E-state index in [1.807, 2.05) is 35.7 Å². The molecule has 0 N–H and O–H groups in total. The quantitative estimate of drug-likeness (QED) is 0.348. The maximum Gasteiger partial charge on any atom is 0.243 e. The number of sulfonamides is 1. The molecule has 1 aliphatic carbocycles. The number of carbonyl (C=O) groups excluding carboxylic acids is 1. The van der Waals surface area contributed by atoms with Gasteiger partial charge in [-0.15, -0.1) is 11.3 Å². The van der Waals surface area contributed by atoms with Crippen LogP contribution in [0, 0.1) is 5.92 Å². The molecule has 0 saturated heterocycles. The van der Waals surface area contributed by atoms with Gasteiger partial charge in [0.25, 0.3) is 0 Å². The molecule has 1 unspecified atom stereocenters. The molecule has 1 saturated carbocycles. The van der Waals surface area contributed by atoms with Crippen molar-refractivity contribution in [1.29, 1.82) is 0 Å². The Kier molecular flexibility index (Phi) is 7.76. The smallest absolute Gasteiger partial charge is 0.243 e. The highest BCUT2D eigenvalue weighted by Crippen LogP contribution is 2.36. The van der Waals surface area contributed by atoms with Crippen LogP contribution in [0.3, 0.4) is 0 Å². The summed E-state index contributed by atoms with van der Waals surface area (Å²) in [5, 5.41) is 2.49. The highest BCUT2D eigenvalue weighted by Gasteiger charge is 2.37. The molecule has 2 heterocycles. The van der Waals surface area contributed by atoms with E-state index in [9.17, 15) is 13.2 Å². The Labute approximate surface area is 226 Å². The van der Waals surface area contributed by atoms with Crippen molar-refractivity contribution in [3.8, 4) is 11.5 Å². The number of ether oxygens (including phenoxy) is 2. The highest BCUT2D eigenvalue weighted by atomic mass is 35.5. The van der Waals surface area contributed by atoms with E-state index in [0.717, 1.165) is 24.8 Å². The minimum atomic E-state index is -3.86. The number of thiophene rings is 1. The zero-order chi connectivity index (χ0) is 26.0. The van der Waals surface area contributed by atoms with Gasteiger partial charge in [-0.1, -0.05) is 23.7 Å². The summed E-state index contributed by atoms with van der Waals surface area (Å²) in [5.41, 5.74) is 1.05. The summed E-state index contributed by atoms with van der Waals surface area (Å²) in [6.45, 7) is 0.857. The zero-order valence-corrected chi connectivity index (χ0v) is 22.9. The first kappa shape index (κ1) is 26.0. The van der Waals surface area contributed by atoms with Crippen LogP contribution in [0.2, 0.25) is 5.02 Å². The Bertz CT molecular complexity index is 1360. The summed E-state index contributed by atoms with van der Waals surface area (Å²) in [6.07, 6.45) is 2.67. The van der Waals surface area contributed by atoms with Crippen LogP contribution in [0.5, 0.6) is 11.5 Å². The standard InChI is InChI=1S/C27H29ClN2O5S2/c1-34-24-4-2-3-5-25(24)35-18-23-22-13-15-36-26(22)12-14-30(23)27(31)17-29(16-19-6-7-19)37(32,33)21-10-8-20(28)9-11-21/h2-5,8-11,13,15,19,23H,6-7,12,14,16-18H2,1H3. The summed E-state index contributed by atoms with van der Waals surface area (Å²) in [4.78, 5) is 16.9. The molecule has 1 atom stereocenters. The fourth-order valence-electron chi connectivity index (χ4n) is 4.61. The van der Waals surface area contributed by atoms with E-state index in [4.69, 9.17) is 21.1 Å². The summed E-state index contributed by atoms with van der Waals surface area (Å²) in [6, 6.07) is 15.2. The largest absolute Gasteiger partial charge is 0.493 e. The average molecular weight is 561 g/mol. The number of para-hydroxylation sites is 2. The van der Waals surface area contributed by atoms with Gasteiger partial charge in [0, 0.05) is 23.0 Å². The SMILES string of the molecule is COc1ccccc1OCC1c2ccsc2CCN1C(=O)CN(CC1CC1)S(=O)(=O)c1ccc(Cl)cc1. The molecular formula is C27H29ClN2O5S2. The number of hydrogen-bond acceptors (Lipinski definition) is 6. The van der Waals surface area contributed by atoms with Gasteiger partial charge < -0.3 is 14.4 Å². The van der Waals surface area contributed by atoms with Crippen LogP contribution in [0.15, 0.2) is 64.9 Å². The molecule has 1 aliphatic heterocycles. The third-order valence-corrected chi connectivity index (χ3v) is 9.88. The van der Waals surface area contributed by atoms with Gasteiger partial charge >= 0.3 is 0 Å². The van der Waals surface area contributed by atoms with Gasteiger partial charge in [0.15, 0.2) is 11.5 Å².